The maximum absolute atomic E-state index is 12.2. The van der Waals surface area contributed by atoms with Crippen molar-refractivity contribution in [1.29, 1.82) is 0 Å². The summed E-state index contributed by atoms with van der Waals surface area (Å²) >= 11 is 0. The Kier molecular flexibility index (Phi) is 5.72. The Bertz CT molecular complexity index is 700. The summed E-state index contributed by atoms with van der Waals surface area (Å²) in [5.74, 6) is -0.174. The third kappa shape index (κ3) is 5.64. The number of amides is 1. The smallest absolute Gasteiger partial charge is 0.221 e. The van der Waals surface area contributed by atoms with E-state index in [-0.39, 0.29) is 12.1 Å². The number of anilines is 1. The second-order valence-electron chi connectivity index (χ2n) is 5.31. The monoisotopic (exact) mass is 332 g/mol. The highest BCUT2D eigenvalue weighted by Gasteiger charge is 2.15. The van der Waals surface area contributed by atoms with Gasteiger partial charge in [0.2, 0.25) is 5.91 Å². The van der Waals surface area contributed by atoms with E-state index in [4.69, 9.17) is 4.52 Å². The van der Waals surface area contributed by atoms with Gasteiger partial charge in [-0.15, -0.1) is 0 Å². The Hall–Kier alpha value is -1.94. The van der Waals surface area contributed by atoms with E-state index in [1.54, 1.807) is 31.2 Å². The molecule has 1 N–H and O–H groups in total. The predicted octanol–water partition coefficient (Wildman–Crippen LogP) is 3.48. The van der Waals surface area contributed by atoms with Gasteiger partial charge in [0.15, 0.2) is 0 Å². The van der Waals surface area contributed by atoms with Crippen LogP contribution in [0.3, 0.4) is 0 Å². The van der Waals surface area contributed by atoms with Crippen molar-refractivity contribution in [2.24, 2.45) is 0 Å². The number of carbonyl (C=O) groups is 1. The number of benzene rings is 2. The first-order valence-electron chi connectivity index (χ1n) is 7.26. The van der Waals surface area contributed by atoms with E-state index in [1.165, 1.54) is 6.92 Å². The van der Waals surface area contributed by atoms with Crippen LogP contribution in [-0.4, -0.2) is 5.91 Å². The fraction of sp³-hybridized carbons (Fsp3) is 0.235. The van der Waals surface area contributed by atoms with Crippen molar-refractivity contribution in [2.75, 3.05) is 5.32 Å². The molecule has 1 amide bonds. The lowest BCUT2D eigenvalue weighted by molar-refractivity contribution is -0.203. The summed E-state index contributed by atoms with van der Waals surface area (Å²) in [7, 11) is -4.02. The zero-order valence-electron chi connectivity index (χ0n) is 13.1. The average molecular weight is 332 g/mol. The summed E-state index contributed by atoms with van der Waals surface area (Å²) in [5, 5.41) is 2.63. The van der Waals surface area contributed by atoms with Gasteiger partial charge in [0.05, 0.1) is 6.10 Å². The van der Waals surface area contributed by atoms with Gasteiger partial charge in [-0.3, -0.25) is 4.79 Å². The van der Waals surface area contributed by atoms with E-state index in [2.05, 4.69) is 5.32 Å². The Balaban J connectivity index is 2.00. The summed E-state index contributed by atoms with van der Waals surface area (Å²) < 4.78 is 17.4. The minimum absolute atomic E-state index is 0.174. The Morgan fingerprint density at radius 1 is 1.17 bits per heavy atom. The molecule has 0 aromatic heterocycles. The molecule has 5 nitrogen and oxygen atoms in total. The van der Waals surface area contributed by atoms with E-state index in [0.29, 0.717) is 11.3 Å². The molecule has 0 radical (unpaired) electrons. The molecule has 0 saturated heterocycles. The number of nitrogens with one attached hydrogen (secondary N) is 1. The van der Waals surface area contributed by atoms with Crippen LogP contribution in [0.25, 0.3) is 0 Å². The van der Waals surface area contributed by atoms with Crippen molar-refractivity contribution in [1.82, 2.24) is 0 Å². The first kappa shape index (κ1) is 17.4. The summed E-state index contributed by atoms with van der Waals surface area (Å²) in [6, 6.07) is 15.8. The van der Waals surface area contributed by atoms with Crippen LogP contribution in [0.15, 0.2) is 54.6 Å². The second-order valence-corrected chi connectivity index (χ2v) is 7.05. The van der Waals surface area contributed by atoms with Crippen molar-refractivity contribution in [3.8, 4) is 0 Å². The average Bonchev–Trinajstić information content (AvgIpc) is 2.49. The SMILES string of the molecule is CC(=O)Nc1ccc(CP(=O)([O-])O[C@H](C)c2ccccc2)cc1. The zero-order chi connectivity index (χ0) is 16.9. The van der Waals surface area contributed by atoms with Crippen LogP contribution in [0, 0.1) is 0 Å². The Labute approximate surface area is 135 Å². The fourth-order valence-corrected chi connectivity index (χ4v) is 3.52. The van der Waals surface area contributed by atoms with Gasteiger partial charge < -0.3 is 19.3 Å². The molecule has 2 aromatic carbocycles. The molecule has 0 aliphatic heterocycles. The quantitative estimate of drug-likeness (QED) is 0.822. The van der Waals surface area contributed by atoms with E-state index in [1.807, 2.05) is 30.3 Å². The lowest BCUT2D eigenvalue weighted by Gasteiger charge is -2.27. The lowest BCUT2D eigenvalue weighted by Crippen LogP contribution is -2.10. The first-order chi connectivity index (χ1) is 10.9. The number of rotatable bonds is 6. The van der Waals surface area contributed by atoms with Gasteiger partial charge in [0.25, 0.3) is 0 Å². The van der Waals surface area contributed by atoms with E-state index in [9.17, 15) is 14.3 Å². The predicted molar refractivity (Wildman–Crippen MR) is 88.0 cm³/mol. The maximum atomic E-state index is 12.2. The highest BCUT2D eigenvalue weighted by Crippen LogP contribution is 2.45. The van der Waals surface area contributed by atoms with Crippen molar-refractivity contribution in [3.63, 3.8) is 0 Å². The van der Waals surface area contributed by atoms with Gasteiger partial charge in [-0.1, -0.05) is 42.5 Å². The molecule has 6 heteroatoms. The number of hydrogen-bond donors (Lipinski definition) is 1. The number of carbonyl (C=O) groups excluding carboxylic acids is 1. The van der Waals surface area contributed by atoms with E-state index in [0.717, 1.165) is 5.56 Å². The van der Waals surface area contributed by atoms with Crippen LogP contribution < -0.4 is 10.2 Å². The summed E-state index contributed by atoms with van der Waals surface area (Å²) in [6.07, 6.45) is -0.719. The molecule has 0 saturated carbocycles. The minimum atomic E-state index is -4.02. The van der Waals surface area contributed by atoms with Gasteiger partial charge in [0.1, 0.15) is 7.60 Å². The molecule has 0 spiro atoms. The zero-order valence-corrected chi connectivity index (χ0v) is 14.0. The third-order valence-corrected chi connectivity index (χ3v) is 4.63. The maximum Gasteiger partial charge on any atom is 0.221 e. The number of hydrogen-bond acceptors (Lipinski definition) is 4. The molecule has 2 rings (SSSR count). The van der Waals surface area contributed by atoms with Crippen LogP contribution in [0.5, 0.6) is 0 Å². The Morgan fingerprint density at radius 2 is 1.78 bits per heavy atom. The van der Waals surface area contributed by atoms with Gasteiger partial charge in [-0.05, 0) is 30.2 Å². The van der Waals surface area contributed by atoms with Crippen molar-refractivity contribution in [3.05, 3.63) is 65.7 Å². The van der Waals surface area contributed by atoms with Crippen molar-refractivity contribution in [2.45, 2.75) is 26.1 Å². The molecule has 0 fully saturated rings. The third-order valence-electron chi connectivity index (χ3n) is 3.24. The summed E-state index contributed by atoms with van der Waals surface area (Å²) in [5.41, 5.74) is 2.04. The van der Waals surface area contributed by atoms with Crippen LogP contribution in [-0.2, 0) is 20.0 Å². The van der Waals surface area contributed by atoms with Crippen LogP contribution >= 0.6 is 7.60 Å². The molecule has 0 aliphatic rings. The molecular formula is C17H19NO4P-. The molecule has 23 heavy (non-hydrogen) atoms. The fourth-order valence-electron chi connectivity index (χ4n) is 2.18. The molecule has 2 aromatic rings. The van der Waals surface area contributed by atoms with Gasteiger partial charge in [-0.2, -0.15) is 0 Å². The highest BCUT2D eigenvalue weighted by molar-refractivity contribution is 7.50. The molecule has 0 heterocycles. The largest absolute Gasteiger partial charge is 0.778 e. The van der Waals surface area contributed by atoms with E-state index < -0.39 is 13.7 Å². The van der Waals surface area contributed by atoms with Gasteiger partial charge in [-0.25, -0.2) is 0 Å². The standard InChI is InChI=1S/C17H20NO4P/c1-13(16-6-4-3-5-7-16)22-23(20,21)12-15-8-10-17(11-9-15)18-14(2)19/h3-11,13H,12H2,1-2H3,(H,18,19)(H,20,21)/p-1/t13-/m1/s1. The highest BCUT2D eigenvalue weighted by atomic mass is 31.2. The molecule has 122 valence electrons. The lowest BCUT2D eigenvalue weighted by atomic mass is 10.1. The Morgan fingerprint density at radius 3 is 2.35 bits per heavy atom. The summed E-state index contributed by atoms with van der Waals surface area (Å²) in [6.45, 7) is 3.12. The molecular weight excluding hydrogens is 313 g/mol. The van der Waals surface area contributed by atoms with Crippen LogP contribution in [0.4, 0.5) is 5.69 Å². The summed E-state index contributed by atoms with van der Waals surface area (Å²) in [4.78, 5) is 23.1. The topological polar surface area (TPSA) is 78.5 Å². The molecule has 2 atom stereocenters. The van der Waals surface area contributed by atoms with Gasteiger partial charge in [0, 0.05) is 18.8 Å². The molecule has 0 bridgehead atoms. The van der Waals surface area contributed by atoms with Crippen molar-refractivity contribution < 1.29 is 18.8 Å². The van der Waals surface area contributed by atoms with Crippen molar-refractivity contribution >= 4 is 19.2 Å². The molecule has 1 unspecified atom stereocenters. The van der Waals surface area contributed by atoms with Crippen LogP contribution in [0.1, 0.15) is 31.1 Å². The normalized spacial score (nSPS) is 14.7. The second kappa shape index (κ2) is 7.55. The van der Waals surface area contributed by atoms with Crippen LogP contribution in [0.2, 0.25) is 0 Å². The van der Waals surface area contributed by atoms with E-state index >= 15 is 0 Å². The van der Waals surface area contributed by atoms with Gasteiger partial charge >= 0.3 is 0 Å². The minimum Gasteiger partial charge on any atom is -0.778 e. The first-order valence-corrected chi connectivity index (χ1v) is 8.98. The molecule has 0 aliphatic carbocycles.